The third-order valence-corrected chi connectivity index (χ3v) is 3.15. The molecule has 21 heavy (non-hydrogen) atoms. The van der Waals surface area contributed by atoms with E-state index in [1.54, 1.807) is 26.0 Å². The number of amides is 1. The maximum absolute atomic E-state index is 12.4. The number of aromatic nitrogens is 2. The van der Waals surface area contributed by atoms with E-state index in [2.05, 4.69) is 14.7 Å². The average Bonchev–Trinajstić information content (AvgIpc) is 2.88. The Balaban J connectivity index is 2.32. The molecule has 2 aromatic rings. The van der Waals surface area contributed by atoms with Gasteiger partial charge in [0.1, 0.15) is 0 Å². The van der Waals surface area contributed by atoms with Gasteiger partial charge < -0.3 is 10.3 Å². The zero-order valence-electron chi connectivity index (χ0n) is 11.2. The first-order valence-electron chi connectivity index (χ1n) is 5.94. The Labute approximate surface area is 117 Å². The summed E-state index contributed by atoms with van der Waals surface area (Å²) >= 11 is 0. The maximum atomic E-state index is 12.4. The number of nitrogens with two attached hydrogens (primary N) is 1. The van der Waals surface area contributed by atoms with Crippen LogP contribution in [0.2, 0.25) is 0 Å². The fourth-order valence-corrected chi connectivity index (χ4v) is 1.63. The van der Waals surface area contributed by atoms with Crippen LogP contribution >= 0.6 is 0 Å². The molecule has 5 nitrogen and oxygen atoms in total. The van der Waals surface area contributed by atoms with Gasteiger partial charge in [-0.05, 0) is 19.4 Å². The lowest BCUT2D eigenvalue weighted by Gasteiger charge is -2.20. The topological polar surface area (TPSA) is 82.0 Å². The summed E-state index contributed by atoms with van der Waals surface area (Å²) < 4.78 is 41.3. The lowest BCUT2D eigenvalue weighted by atomic mass is 9.83. The standard InChI is InChI=1S/C13H12F3N3O2/c1-12(2,10(17)20)8-5-3-7(4-6-8)9-18-11(21-19-9)13(14,15)16/h3-6H,1-2H3,(H2,17,20). The number of benzene rings is 1. The summed E-state index contributed by atoms with van der Waals surface area (Å²) in [7, 11) is 0. The van der Waals surface area contributed by atoms with Crippen molar-refractivity contribution in [1.29, 1.82) is 0 Å². The molecule has 8 heteroatoms. The molecule has 0 aliphatic heterocycles. The van der Waals surface area contributed by atoms with Gasteiger partial charge in [-0.25, -0.2) is 0 Å². The molecule has 0 radical (unpaired) electrons. The van der Waals surface area contributed by atoms with Crippen LogP contribution in [0.1, 0.15) is 25.3 Å². The molecular weight excluding hydrogens is 287 g/mol. The van der Waals surface area contributed by atoms with Crippen LogP contribution in [-0.2, 0) is 16.4 Å². The number of primary amides is 1. The van der Waals surface area contributed by atoms with Crippen molar-refractivity contribution in [2.24, 2.45) is 5.73 Å². The molecule has 1 heterocycles. The van der Waals surface area contributed by atoms with Crippen molar-refractivity contribution in [3.05, 3.63) is 35.7 Å². The van der Waals surface area contributed by atoms with E-state index in [0.717, 1.165) is 0 Å². The third kappa shape index (κ3) is 2.88. The van der Waals surface area contributed by atoms with Crippen molar-refractivity contribution in [2.75, 3.05) is 0 Å². The Kier molecular flexibility index (Phi) is 3.48. The summed E-state index contributed by atoms with van der Waals surface area (Å²) in [5.41, 5.74) is 5.40. The molecule has 2 N–H and O–H groups in total. The Hall–Kier alpha value is -2.38. The molecule has 0 saturated heterocycles. The van der Waals surface area contributed by atoms with Gasteiger partial charge in [0.25, 0.3) is 0 Å². The zero-order chi connectivity index (χ0) is 15.8. The van der Waals surface area contributed by atoms with Gasteiger partial charge in [-0.1, -0.05) is 29.4 Å². The number of carbonyl (C=O) groups is 1. The minimum atomic E-state index is -4.68. The summed E-state index contributed by atoms with van der Waals surface area (Å²) in [6, 6.07) is 6.18. The average molecular weight is 299 g/mol. The highest BCUT2D eigenvalue weighted by molar-refractivity contribution is 5.85. The molecule has 112 valence electrons. The zero-order valence-corrected chi connectivity index (χ0v) is 11.2. The number of nitrogens with zero attached hydrogens (tertiary/aromatic N) is 2. The number of carbonyl (C=O) groups excluding carboxylic acids is 1. The van der Waals surface area contributed by atoms with Crippen LogP contribution in [0.3, 0.4) is 0 Å². The molecule has 0 aliphatic rings. The number of hydrogen-bond acceptors (Lipinski definition) is 4. The Morgan fingerprint density at radius 1 is 1.19 bits per heavy atom. The number of halogens is 3. The van der Waals surface area contributed by atoms with E-state index in [1.807, 2.05) is 0 Å². The van der Waals surface area contributed by atoms with Crippen LogP contribution in [-0.4, -0.2) is 16.0 Å². The van der Waals surface area contributed by atoms with Gasteiger partial charge in [0.05, 0.1) is 5.41 Å². The van der Waals surface area contributed by atoms with E-state index in [9.17, 15) is 18.0 Å². The molecule has 0 saturated carbocycles. The summed E-state index contributed by atoms with van der Waals surface area (Å²) in [5.74, 6) is -2.08. The van der Waals surface area contributed by atoms with Crippen molar-refractivity contribution in [1.82, 2.24) is 10.1 Å². The predicted molar refractivity (Wildman–Crippen MR) is 67.0 cm³/mol. The fraction of sp³-hybridized carbons (Fsp3) is 0.308. The largest absolute Gasteiger partial charge is 0.471 e. The molecule has 0 unspecified atom stereocenters. The third-order valence-electron chi connectivity index (χ3n) is 3.15. The Morgan fingerprint density at radius 2 is 1.76 bits per heavy atom. The van der Waals surface area contributed by atoms with Gasteiger partial charge >= 0.3 is 12.1 Å². The van der Waals surface area contributed by atoms with Crippen LogP contribution in [0.25, 0.3) is 11.4 Å². The lowest BCUT2D eigenvalue weighted by Crippen LogP contribution is -2.35. The highest BCUT2D eigenvalue weighted by Gasteiger charge is 2.38. The second kappa shape index (κ2) is 4.87. The van der Waals surface area contributed by atoms with E-state index in [-0.39, 0.29) is 5.82 Å². The molecule has 0 atom stereocenters. The van der Waals surface area contributed by atoms with Crippen LogP contribution < -0.4 is 5.73 Å². The van der Waals surface area contributed by atoms with Gasteiger partial charge in [-0.2, -0.15) is 18.2 Å². The minimum Gasteiger partial charge on any atom is -0.369 e. The summed E-state index contributed by atoms with van der Waals surface area (Å²) in [5, 5.41) is 3.28. The van der Waals surface area contributed by atoms with Gasteiger partial charge in [0, 0.05) is 5.56 Å². The molecule has 0 bridgehead atoms. The first-order valence-corrected chi connectivity index (χ1v) is 5.94. The Bertz CT molecular complexity index is 660. The van der Waals surface area contributed by atoms with E-state index >= 15 is 0 Å². The quantitative estimate of drug-likeness (QED) is 0.944. The fourth-order valence-electron chi connectivity index (χ4n) is 1.63. The van der Waals surface area contributed by atoms with Crippen molar-refractivity contribution in [3.63, 3.8) is 0 Å². The molecular formula is C13H12F3N3O2. The maximum Gasteiger partial charge on any atom is 0.471 e. The number of hydrogen-bond donors (Lipinski definition) is 1. The van der Waals surface area contributed by atoms with Crippen LogP contribution in [0, 0.1) is 0 Å². The van der Waals surface area contributed by atoms with Crippen LogP contribution in [0.5, 0.6) is 0 Å². The SMILES string of the molecule is CC(C)(C(N)=O)c1ccc(-c2noc(C(F)(F)F)n2)cc1. The normalized spacial score (nSPS) is 12.4. The first-order chi connectivity index (χ1) is 9.62. The van der Waals surface area contributed by atoms with Crippen LogP contribution in [0.4, 0.5) is 13.2 Å². The molecule has 2 rings (SSSR count). The van der Waals surface area contributed by atoms with E-state index in [1.165, 1.54) is 12.1 Å². The number of alkyl halides is 3. The van der Waals surface area contributed by atoms with Crippen LogP contribution in [0.15, 0.2) is 28.8 Å². The van der Waals surface area contributed by atoms with Crippen molar-refractivity contribution < 1.29 is 22.5 Å². The van der Waals surface area contributed by atoms with Gasteiger partial charge in [-0.3, -0.25) is 4.79 Å². The highest BCUT2D eigenvalue weighted by Crippen LogP contribution is 2.30. The molecule has 1 aromatic carbocycles. The molecule has 0 fully saturated rings. The minimum absolute atomic E-state index is 0.175. The second-order valence-electron chi connectivity index (χ2n) is 4.99. The van der Waals surface area contributed by atoms with E-state index in [0.29, 0.717) is 11.1 Å². The molecule has 0 spiro atoms. The van der Waals surface area contributed by atoms with E-state index in [4.69, 9.17) is 5.73 Å². The molecule has 1 aromatic heterocycles. The molecule has 0 aliphatic carbocycles. The predicted octanol–water partition coefficient (Wildman–Crippen LogP) is 2.52. The first kappa shape index (κ1) is 15.0. The summed E-state index contributed by atoms with van der Waals surface area (Å²) in [6.07, 6.45) is -4.68. The van der Waals surface area contributed by atoms with Gasteiger partial charge in [0.2, 0.25) is 11.7 Å². The lowest BCUT2D eigenvalue weighted by molar-refractivity contribution is -0.159. The summed E-state index contributed by atoms with van der Waals surface area (Å²) in [6.45, 7) is 3.31. The smallest absolute Gasteiger partial charge is 0.369 e. The molecule has 1 amide bonds. The van der Waals surface area contributed by atoms with Crippen molar-refractivity contribution >= 4 is 5.91 Å². The number of rotatable bonds is 3. The Morgan fingerprint density at radius 3 is 2.19 bits per heavy atom. The van der Waals surface area contributed by atoms with Crippen molar-refractivity contribution in [2.45, 2.75) is 25.4 Å². The summed E-state index contributed by atoms with van der Waals surface area (Å²) in [4.78, 5) is 14.6. The monoisotopic (exact) mass is 299 g/mol. The van der Waals surface area contributed by atoms with E-state index < -0.39 is 23.4 Å². The second-order valence-corrected chi connectivity index (χ2v) is 4.99. The van der Waals surface area contributed by atoms with Gasteiger partial charge in [-0.15, -0.1) is 0 Å². The van der Waals surface area contributed by atoms with Crippen molar-refractivity contribution in [3.8, 4) is 11.4 Å². The highest BCUT2D eigenvalue weighted by atomic mass is 19.4. The van der Waals surface area contributed by atoms with Gasteiger partial charge in [0.15, 0.2) is 0 Å².